The summed E-state index contributed by atoms with van der Waals surface area (Å²) in [5.74, 6) is -0.289. The molecule has 0 bridgehead atoms. The Balaban J connectivity index is 2.66. The van der Waals surface area contributed by atoms with Gasteiger partial charge in [0.2, 0.25) is 0 Å². The number of carbonyl (C=O) groups is 2. The average Bonchev–Trinajstić information content (AvgIpc) is 2.57. The zero-order valence-electron chi connectivity index (χ0n) is 14.6. The summed E-state index contributed by atoms with van der Waals surface area (Å²) in [7, 11) is 1.43. The Morgan fingerprint density at radius 2 is 2.08 bits per heavy atom. The third kappa shape index (κ3) is 3.90. The molecule has 2 N–H and O–H groups in total. The van der Waals surface area contributed by atoms with Crippen LogP contribution in [-0.2, 0) is 9.53 Å². The van der Waals surface area contributed by atoms with Gasteiger partial charge >= 0.3 is 12.0 Å². The summed E-state index contributed by atoms with van der Waals surface area (Å²) in [6.07, 6.45) is 0. The lowest BCUT2D eigenvalue weighted by Crippen LogP contribution is -2.49. The van der Waals surface area contributed by atoms with Gasteiger partial charge in [0.15, 0.2) is 0 Å². The van der Waals surface area contributed by atoms with Crippen LogP contribution < -0.4 is 10.1 Å². The van der Waals surface area contributed by atoms with Crippen LogP contribution in [0.2, 0.25) is 10.0 Å². The first-order chi connectivity index (χ1) is 12.3. The minimum atomic E-state index is -0.859. The van der Waals surface area contributed by atoms with Crippen LogP contribution >= 0.6 is 23.2 Å². The maximum atomic E-state index is 12.6. The highest BCUT2D eigenvalue weighted by Crippen LogP contribution is 2.41. The summed E-state index contributed by atoms with van der Waals surface area (Å²) in [5.41, 5.74) is 1.03. The van der Waals surface area contributed by atoms with E-state index >= 15 is 0 Å². The molecular weight excluding hydrogens is 383 g/mol. The molecule has 2 rings (SSSR count). The molecule has 26 heavy (non-hydrogen) atoms. The molecule has 0 fully saturated rings. The van der Waals surface area contributed by atoms with Gasteiger partial charge in [-0.05, 0) is 26.0 Å². The molecule has 1 aliphatic rings. The third-order valence-corrected chi connectivity index (χ3v) is 4.47. The van der Waals surface area contributed by atoms with E-state index in [4.69, 9.17) is 32.7 Å². The zero-order valence-corrected chi connectivity index (χ0v) is 16.1. The van der Waals surface area contributed by atoms with Gasteiger partial charge in [0, 0.05) is 16.3 Å². The first-order valence-corrected chi connectivity index (χ1v) is 8.70. The third-order valence-electron chi connectivity index (χ3n) is 3.97. The van der Waals surface area contributed by atoms with Gasteiger partial charge in [0.1, 0.15) is 5.75 Å². The fourth-order valence-corrected chi connectivity index (χ4v) is 3.45. The second-order valence-electron chi connectivity index (χ2n) is 5.49. The molecule has 0 spiro atoms. The van der Waals surface area contributed by atoms with E-state index in [1.165, 1.54) is 18.1 Å². The van der Waals surface area contributed by atoms with E-state index in [9.17, 15) is 14.7 Å². The SMILES string of the molecule is CCOC(=O)C1=C(C)N(CCO)C(=O)NC1c1cc(Cl)cc(Cl)c1OC. The smallest absolute Gasteiger partial charge is 0.338 e. The van der Waals surface area contributed by atoms with Crippen molar-refractivity contribution in [3.05, 3.63) is 39.0 Å². The fraction of sp³-hybridized carbons (Fsp3) is 0.412. The highest BCUT2D eigenvalue weighted by atomic mass is 35.5. The summed E-state index contributed by atoms with van der Waals surface area (Å²) in [5, 5.41) is 12.5. The Hall–Kier alpha value is -1.96. The van der Waals surface area contributed by atoms with Crippen molar-refractivity contribution in [3.8, 4) is 5.75 Å². The molecule has 0 aromatic heterocycles. The summed E-state index contributed by atoms with van der Waals surface area (Å²) in [6.45, 7) is 3.26. The number of rotatable bonds is 6. The van der Waals surface area contributed by atoms with E-state index in [1.807, 2.05) is 0 Å². The number of aliphatic hydroxyl groups is 1. The number of amides is 2. The Kier molecular flexibility index (Phi) is 6.75. The van der Waals surface area contributed by atoms with Crippen LogP contribution in [0.25, 0.3) is 0 Å². The molecule has 0 radical (unpaired) electrons. The lowest BCUT2D eigenvalue weighted by Gasteiger charge is -2.35. The summed E-state index contributed by atoms with van der Waals surface area (Å²) < 4.78 is 10.5. The molecule has 9 heteroatoms. The number of methoxy groups -OCH3 is 1. The lowest BCUT2D eigenvalue weighted by atomic mass is 9.94. The number of hydrogen-bond acceptors (Lipinski definition) is 5. The number of allylic oxidation sites excluding steroid dienone is 1. The van der Waals surface area contributed by atoms with Crippen molar-refractivity contribution in [2.24, 2.45) is 0 Å². The summed E-state index contributed by atoms with van der Waals surface area (Å²) in [4.78, 5) is 26.4. The second-order valence-corrected chi connectivity index (χ2v) is 6.33. The number of aliphatic hydroxyl groups excluding tert-OH is 1. The van der Waals surface area contributed by atoms with Crippen molar-refractivity contribution in [2.45, 2.75) is 19.9 Å². The Morgan fingerprint density at radius 3 is 2.65 bits per heavy atom. The normalized spacial score (nSPS) is 17.2. The number of ether oxygens (including phenoxy) is 2. The number of nitrogens with zero attached hydrogens (tertiary/aromatic N) is 1. The van der Waals surface area contributed by atoms with Gasteiger partial charge in [-0.2, -0.15) is 0 Å². The van der Waals surface area contributed by atoms with E-state index in [2.05, 4.69) is 5.32 Å². The Labute approximate surface area is 161 Å². The molecule has 0 saturated heterocycles. The van der Waals surface area contributed by atoms with Gasteiger partial charge in [-0.15, -0.1) is 0 Å². The lowest BCUT2D eigenvalue weighted by molar-refractivity contribution is -0.139. The molecule has 0 aliphatic carbocycles. The van der Waals surface area contributed by atoms with Gasteiger partial charge < -0.3 is 19.9 Å². The molecule has 1 aromatic rings. The topological polar surface area (TPSA) is 88.1 Å². The Morgan fingerprint density at radius 1 is 1.38 bits per heavy atom. The van der Waals surface area contributed by atoms with E-state index in [0.29, 0.717) is 22.0 Å². The number of halogens is 2. The number of hydrogen-bond donors (Lipinski definition) is 2. The van der Waals surface area contributed by atoms with E-state index in [0.717, 1.165) is 0 Å². The molecule has 1 unspecified atom stereocenters. The van der Waals surface area contributed by atoms with Crippen LogP contribution in [0.1, 0.15) is 25.5 Å². The molecular formula is C17H20Cl2N2O5. The zero-order chi connectivity index (χ0) is 19.4. The highest BCUT2D eigenvalue weighted by Gasteiger charge is 2.38. The number of β-amino-alcohol motifs (C(OH)–C–C–N with tert-alkyl or cyclic N) is 1. The van der Waals surface area contributed by atoms with E-state index in [1.54, 1.807) is 19.9 Å². The van der Waals surface area contributed by atoms with Crippen molar-refractivity contribution < 1.29 is 24.2 Å². The van der Waals surface area contributed by atoms with Crippen LogP contribution in [0, 0.1) is 0 Å². The van der Waals surface area contributed by atoms with E-state index < -0.39 is 18.0 Å². The molecule has 1 heterocycles. The fourth-order valence-electron chi connectivity index (χ4n) is 2.87. The Bertz CT molecular complexity index is 751. The predicted octanol–water partition coefficient (Wildman–Crippen LogP) is 2.90. The average molecular weight is 403 g/mol. The van der Waals surface area contributed by atoms with Crippen molar-refractivity contribution >= 4 is 35.2 Å². The highest BCUT2D eigenvalue weighted by molar-refractivity contribution is 6.35. The first-order valence-electron chi connectivity index (χ1n) is 7.95. The van der Waals surface area contributed by atoms with Gasteiger partial charge in [-0.1, -0.05) is 23.2 Å². The molecule has 7 nitrogen and oxygen atoms in total. The maximum Gasteiger partial charge on any atom is 0.338 e. The number of benzene rings is 1. The van der Waals surface area contributed by atoms with Crippen LogP contribution in [0.4, 0.5) is 4.79 Å². The van der Waals surface area contributed by atoms with Gasteiger partial charge in [0.05, 0.1) is 43.5 Å². The van der Waals surface area contributed by atoms with Crippen molar-refractivity contribution in [1.82, 2.24) is 10.2 Å². The van der Waals surface area contributed by atoms with Gasteiger partial charge in [0.25, 0.3) is 0 Å². The predicted molar refractivity (Wildman–Crippen MR) is 97.4 cm³/mol. The van der Waals surface area contributed by atoms with Crippen molar-refractivity contribution in [1.29, 1.82) is 0 Å². The van der Waals surface area contributed by atoms with Crippen molar-refractivity contribution in [3.63, 3.8) is 0 Å². The number of carbonyl (C=O) groups excluding carboxylic acids is 2. The largest absolute Gasteiger partial charge is 0.495 e. The van der Waals surface area contributed by atoms with Gasteiger partial charge in [-0.3, -0.25) is 4.90 Å². The van der Waals surface area contributed by atoms with Crippen LogP contribution in [0.15, 0.2) is 23.4 Å². The molecule has 2 amide bonds. The van der Waals surface area contributed by atoms with Crippen LogP contribution in [-0.4, -0.2) is 48.9 Å². The monoisotopic (exact) mass is 402 g/mol. The molecule has 0 saturated carbocycles. The quantitative estimate of drug-likeness (QED) is 0.714. The van der Waals surface area contributed by atoms with Crippen LogP contribution in [0.3, 0.4) is 0 Å². The van der Waals surface area contributed by atoms with Crippen LogP contribution in [0.5, 0.6) is 5.75 Å². The number of urea groups is 1. The second kappa shape index (κ2) is 8.62. The maximum absolute atomic E-state index is 12.6. The summed E-state index contributed by atoms with van der Waals surface area (Å²) in [6, 6.07) is 1.76. The minimum Gasteiger partial charge on any atom is -0.495 e. The molecule has 1 aromatic carbocycles. The number of esters is 1. The minimum absolute atomic E-state index is 0.0424. The van der Waals surface area contributed by atoms with Gasteiger partial charge in [-0.25, -0.2) is 9.59 Å². The summed E-state index contributed by atoms with van der Waals surface area (Å²) >= 11 is 12.3. The molecule has 142 valence electrons. The molecule has 1 aliphatic heterocycles. The van der Waals surface area contributed by atoms with E-state index in [-0.39, 0.29) is 30.4 Å². The standard InChI is InChI=1S/C17H20Cl2N2O5/c1-4-26-16(23)13-9(2)21(5-6-22)17(24)20-14(13)11-7-10(18)8-12(19)15(11)25-3/h7-8,14,22H,4-6H2,1-3H3,(H,20,24). The molecule has 1 atom stereocenters. The number of nitrogens with one attached hydrogen (secondary N) is 1. The van der Waals surface area contributed by atoms with Crippen molar-refractivity contribution in [2.75, 3.05) is 26.9 Å². The first kappa shape index (κ1) is 20.4.